The van der Waals surface area contributed by atoms with Crippen LogP contribution < -0.4 is 0 Å². The van der Waals surface area contributed by atoms with Gasteiger partial charge in [0, 0.05) is 6.42 Å². The highest BCUT2D eigenvalue weighted by Crippen LogP contribution is 2.19. The second-order valence-corrected chi connectivity index (χ2v) is 4.49. The fraction of sp³-hybridized carbons (Fsp3) is 0.786. The largest absolute Gasteiger partial charge is 0.449 e. The summed E-state index contributed by atoms with van der Waals surface area (Å²) in [6.07, 6.45) is 6.70. The molecular formula is C14H23F3O. The number of allylic oxidation sites excluding steroid dienone is 2. The Morgan fingerprint density at radius 1 is 0.944 bits per heavy atom. The van der Waals surface area contributed by atoms with Crippen LogP contribution in [-0.4, -0.2) is 12.0 Å². The van der Waals surface area contributed by atoms with Crippen molar-refractivity contribution < 1.29 is 18.0 Å². The molecule has 0 aliphatic heterocycles. The van der Waals surface area contributed by atoms with E-state index in [1.807, 2.05) is 0 Å². The lowest BCUT2D eigenvalue weighted by Crippen LogP contribution is -2.22. The molecule has 0 heterocycles. The van der Waals surface area contributed by atoms with Crippen molar-refractivity contribution in [2.75, 3.05) is 0 Å². The van der Waals surface area contributed by atoms with E-state index in [0.717, 1.165) is 25.7 Å². The minimum atomic E-state index is -4.65. The molecule has 0 aromatic carbocycles. The van der Waals surface area contributed by atoms with E-state index in [4.69, 9.17) is 0 Å². The van der Waals surface area contributed by atoms with Gasteiger partial charge in [0.2, 0.25) is 5.78 Å². The van der Waals surface area contributed by atoms with Gasteiger partial charge in [-0.15, -0.1) is 0 Å². The molecule has 0 bridgehead atoms. The monoisotopic (exact) mass is 264 g/mol. The van der Waals surface area contributed by atoms with E-state index in [1.54, 1.807) is 0 Å². The summed E-state index contributed by atoms with van der Waals surface area (Å²) >= 11 is 0. The molecule has 0 radical (unpaired) electrons. The van der Waals surface area contributed by atoms with Crippen LogP contribution in [0.1, 0.15) is 64.7 Å². The summed E-state index contributed by atoms with van der Waals surface area (Å²) in [4.78, 5) is 10.6. The van der Waals surface area contributed by atoms with Gasteiger partial charge in [-0.25, -0.2) is 0 Å². The normalized spacial score (nSPS) is 12.2. The lowest BCUT2D eigenvalue weighted by atomic mass is 10.1. The molecule has 0 amide bonds. The third-order valence-corrected chi connectivity index (χ3v) is 2.73. The smallest absolute Gasteiger partial charge is 0.290 e. The van der Waals surface area contributed by atoms with Gasteiger partial charge in [-0.2, -0.15) is 13.2 Å². The van der Waals surface area contributed by atoms with Crippen LogP contribution in [0.25, 0.3) is 0 Å². The molecule has 106 valence electrons. The maximum atomic E-state index is 11.9. The third-order valence-electron chi connectivity index (χ3n) is 2.73. The molecule has 0 aromatic rings. The molecule has 0 saturated heterocycles. The molecule has 0 fully saturated rings. The first kappa shape index (κ1) is 17.2. The van der Waals surface area contributed by atoms with E-state index in [0.29, 0.717) is 12.8 Å². The second kappa shape index (κ2) is 10.2. The van der Waals surface area contributed by atoms with Crippen molar-refractivity contribution >= 4 is 5.78 Å². The van der Waals surface area contributed by atoms with Crippen molar-refractivity contribution in [1.82, 2.24) is 0 Å². The summed E-state index contributed by atoms with van der Waals surface area (Å²) in [6.45, 7) is 2.15. The lowest BCUT2D eigenvalue weighted by molar-refractivity contribution is -0.171. The van der Waals surface area contributed by atoms with Gasteiger partial charge in [-0.3, -0.25) is 4.79 Å². The van der Waals surface area contributed by atoms with Crippen LogP contribution >= 0.6 is 0 Å². The van der Waals surface area contributed by atoms with Gasteiger partial charge in [0.05, 0.1) is 0 Å². The number of halogens is 3. The Bertz CT molecular complexity index is 244. The summed E-state index contributed by atoms with van der Waals surface area (Å²) in [5.41, 5.74) is 0. The molecule has 0 N–H and O–H groups in total. The van der Waals surface area contributed by atoms with Crippen molar-refractivity contribution in [2.45, 2.75) is 70.9 Å². The Balaban J connectivity index is 3.31. The van der Waals surface area contributed by atoms with Crippen molar-refractivity contribution in [1.29, 1.82) is 0 Å². The first-order chi connectivity index (χ1) is 8.48. The summed E-state index contributed by atoms with van der Waals surface area (Å²) in [5, 5.41) is 0. The zero-order chi connectivity index (χ0) is 13.9. The van der Waals surface area contributed by atoms with Crippen LogP contribution in [0.15, 0.2) is 12.2 Å². The maximum Gasteiger partial charge on any atom is 0.449 e. The van der Waals surface area contributed by atoms with E-state index in [2.05, 4.69) is 19.1 Å². The molecule has 18 heavy (non-hydrogen) atoms. The van der Waals surface area contributed by atoms with Crippen molar-refractivity contribution in [3.63, 3.8) is 0 Å². The van der Waals surface area contributed by atoms with Crippen LogP contribution in [0.3, 0.4) is 0 Å². The average molecular weight is 264 g/mol. The zero-order valence-electron chi connectivity index (χ0n) is 11.1. The molecule has 0 atom stereocenters. The molecule has 0 saturated carbocycles. The van der Waals surface area contributed by atoms with Crippen molar-refractivity contribution in [2.24, 2.45) is 0 Å². The molecule has 0 spiro atoms. The fourth-order valence-corrected chi connectivity index (χ4v) is 1.60. The van der Waals surface area contributed by atoms with Gasteiger partial charge in [0.1, 0.15) is 0 Å². The van der Waals surface area contributed by atoms with E-state index in [9.17, 15) is 18.0 Å². The molecule has 4 heteroatoms. The number of Topliss-reactive ketones (excluding diaryl/α,β-unsaturated/α-hetero) is 1. The standard InChI is InChI=1S/C14H23F3O/c1-2-3-4-5-6-7-8-9-10-11-12-13(18)14(15,16)17/h5-6H,2-4,7-12H2,1H3. The molecule has 0 aliphatic rings. The molecule has 0 aliphatic carbocycles. The van der Waals surface area contributed by atoms with Crippen LogP contribution in [0.4, 0.5) is 13.2 Å². The average Bonchev–Trinajstić information content (AvgIpc) is 2.30. The van der Waals surface area contributed by atoms with Crippen LogP contribution in [0, 0.1) is 0 Å². The minimum Gasteiger partial charge on any atom is -0.290 e. The number of unbranched alkanes of at least 4 members (excludes halogenated alkanes) is 6. The predicted molar refractivity (Wildman–Crippen MR) is 67.4 cm³/mol. The van der Waals surface area contributed by atoms with Gasteiger partial charge in [0.15, 0.2) is 0 Å². The number of carbonyl (C=O) groups is 1. The van der Waals surface area contributed by atoms with Crippen molar-refractivity contribution in [3.05, 3.63) is 12.2 Å². The highest BCUT2D eigenvalue weighted by molar-refractivity contribution is 5.83. The molecule has 1 nitrogen and oxygen atoms in total. The highest BCUT2D eigenvalue weighted by Gasteiger charge is 2.36. The predicted octanol–water partition coefficient (Wildman–Crippen LogP) is 5.20. The minimum absolute atomic E-state index is 0.345. The number of rotatable bonds is 10. The summed E-state index contributed by atoms with van der Waals surface area (Å²) < 4.78 is 35.6. The van der Waals surface area contributed by atoms with E-state index in [-0.39, 0.29) is 6.42 Å². The Morgan fingerprint density at radius 2 is 1.50 bits per heavy atom. The van der Waals surface area contributed by atoms with Crippen molar-refractivity contribution in [3.8, 4) is 0 Å². The maximum absolute atomic E-state index is 11.9. The highest BCUT2D eigenvalue weighted by atomic mass is 19.4. The Hall–Kier alpha value is -0.800. The van der Waals surface area contributed by atoms with Gasteiger partial charge < -0.3 is 0 Å². The molecule has 0 unspecified atom stereocenters. The van der Waals surface area contributed by atoms with Gasteiger partial charge >= 0.3 is 6.18 Å². The van der Waals surface area contributed by atoms with Gasteiger partial charge in [-0.05, 0) is 25.7 Å². The van der Waals surface area contributed by atoms with Crippen LogP contribution in [-0.2, 0) is 4.79 Å². The topological polar surface area (TPSA) is 17.1 Å². The molecular weight excluding hydrogens is 241 g/mol. The number of hydrogen-bond acceptors (Lipinski definition) is 1. The molecule has 0 rings (SSSR count). The van der Waals surface area contributed by atoms with Gasteiger partial charge in [-0.1, -0.05) is 44.8 Å². The molecule has 0 aromatic heterocycles. The number of alkyl halides is 3. The Morgan fingerprint density at radius 3 is 2.06 bits per heavy atom. The Kier molecular flexibility index (Phi) is 9.70. The SMILES string of the molecule is CCCCC=CCCCCCCC(=O)C(F)(F)F. The summed E-state index contributed by atoms with van der Waals surface area (Å²) in [6, 6.07) is 0. The number of carbonyl (C=O) groups excluding carboxylic acids is 1. The van der Waals surface area contributed by atoms with Gasteiger partial charge in [0.25, 0.3) is 0 Å². The quantitative estimate of drug-likeness (QED) is 0.391. The van der Waals surface area contributed by atoms with Crippen LogP contribution in [0.2, 0.25) is 0 Å². The third kappa shape index (κ3) is 10.4. The van der Waals surface area contributed by atoms with Crippen LogP contribution in [0.5, 0.6) is 0 Å². The Labute approximate surface area is 107 Å². The summed E-state index contributed by atoms with van der Waals surface area (Å²) in [7, 11) is 0. The lowest BCUT2D eigenvalue weighted by Gasteiger charge is -2.04. The zero-order valence-corrected chi connectivity index (χ0v) is 11.1. The van der Waals surface area contributed by atoms with E-state index >= 15 is 0 Å². The second-order valence-electron chi connectivity index (χ2n) is 4.49. The number of hydrogen-bond donors (Lipinski definition) is 0. The fourth-order valence-electron chi connectivity index (χ4n) is 1.60. The first-order valence-electron chi connectivity index (χ1n) is 6.73. The van der Waals surface area contributed by atoms with E-state index in [1.165, 1.54) is 12.8 Å². The summed E-state index contributed by atoms with van der Waals surface area (Å²) in [5.74, 6) is -1.60. The number of ketones is 1. The first-order valence-corrected chi connectivity index (χ1v) is 6.73. The van der Waals surface area contributed by atoms with E-state index < -0.39 is 12.0 Å².